The molecule has 0 unspecified atom stereocenters. The number of thioether (sulfide) groups is 1. The monoisotopic (exact) mass is 530 g/mol. The second-order valence-corrected chi connectivity index (χ2v) is 8.59. The minimum atomic E-state index is -0.444. The van der Waals surface area contributed by atoms with Crippen LogP contribution in [0.15, 0.2) is 63.4 Å². The van der Waals surface area contributed by atoms with Crippen molar-refractivity contribution in [2.24, 2.45) is 4.99 Å². The number of carbonyl (C=O) groups is 2. The van der Waals surface area contributed by atoms with Gasteiger partial charge in [-0.3, -0.25) is 9.69 Å². The molecular formula is C24H23BrN2O5S. The van der Waals surface area contributed by atoms with E-state index >= 15 is 0 Å². The van der Waals surface area contributed by atoms with Gasteiger partial charge >= 0.3 is 5.97 Å². The molecule has 1 saturated heterocycles. The number of rotatable bonds is 8. The molecule has 1 amide bonds. The van der Waals surface area contributed by atoms with Gasteiger partial charge in [0.25, 0.3) is 5.91 Å². The number of nitrogens with zero attached hydrogens (tertiary/aromatic N) is 2. The predicted molar refractivity (Wildman–Crippen MR) is 134 cm³/mol. The molecule has 0 radical (unpaired) electrons. The van der Waals surface area contributed by atoms with Gasteiger partial charge in [-0.15, -0.1) is 0 Å². The number of amidine groups is 1. The van der Waals surface area contributed by atoms with Crippen molar-refractivity contribution in [3.8, 4) is 11.5 Å². The van der Waals surface area contributed by atoms with Gasteiger partial charge in [-0.05, 0) is 76.6 Å². The number of likely N-dealkylation sites (N-methyl/N-ethyl adjacent to an activating group) is 1. The van der Waals surface area contributed by atoms with Crippen molar-refractivity contribution >= 4 is 56.5 Å². The lowest BCUT2D eigenvalue weighted by Gasteiger charge is -2.13. The topological polar surface area (TPSA) is 77.4 Å². The van der Waals surface area contributed by atoms with Crippen LogP contribution in [-0.4, -0.2) is 49.3 Å². The molecule has 0 aromatic heterocycles. The second-order valence-electron chi connectivity index (χ2n) is 6.73. The summed E-state index contributed by atoms with van der Waals surface area (Å²) in [5.41, 5.74) is 1.72. The third-order valence-corrected chi connectivity index (χ3v) is 6.19. The highest BCUT2D eigenvalue weighted by atomic mass is 79.9. The number of hydrogen-bond acceptors (Lipinski definition) is 7. The van der Waals surface area contributed by atoms with E-state index in [4.69, 9.17) is 14.2 Å². The number of benzene rings is 2. The Balaban J connectivity index is 1.94. The minimum absolute atomic E-state index is 0.146. The van der Waals surface area contributed by atoms with Crippen molar-refractivity contribution in [1.29, 1.82) is 0 Å². The average molecular weight is 531 g/mol. The minimum Gasteiger partial charge on any atom is -0.493 e. The van der Waals surface area contributed by atoms with Crippen LogP contribution in [0.25, 0.3) is 6.08 Å². The largest absolute Gasteiger partial charge is 0.493 e. The number of hydrogen-bond donors (Lipinski definition) is 0. The Morgan fingerprint density at radius 1 is 1.27 bits per heavy atom. The maximum Gasteiger partial charge on any atom is 0.337 e. The van der Waals surface area contributed by atoms with Crippen LogP contribution in [0.5, 0.6) is 11.5 Å². The van der Waals surface area contributed by atoms with Crippen LogP contribution in [0.1, 0.15) is 22.8 Å². The van der Waals surface area contributed by atoms with E-state index in [0.29, 0.717) is 50.4 Å². The first-order valence-corrected chi connectivity index (χ1v) is 11.6. The number of ether oxygens (including phenoxy) is 3. The molecule has 9 heteroatoms. The van der Waals surface area contributed by atoms with E-state index in [1.54, 1.807) is 54.5 Å². The van der Waals surface area contributed by atoms with Gasteiger partial charge in [0, 0.05) is 6.54 Å². The van der Waals surface area contributed by atoms with Gasteiger partial charge in [-0.2, -0.15) is 0 Å². The van der Waals surface area contributed by atoms with Gasteiger partial charge in [0.2, 0.25) is 0 Å². The van der Waals surface area contributed by atoms with Gasteiger partial charge in [0.15, 0.2) is 16.7 Å². The van der Waals surface area contributed by atoms with Crippen LogP contribution in [0.2, 0.25) is 0 Å². The lowest BCUT2D eigenvalue weighted by Crippen LogP contribution is -2.28. The molecule has 1 aliphatic heterocycles. The highest BCUT2D eigenvalue weighted by Crippen LogP contribution is 2.39. The Labute approximate surface area is 205 Å². The van der Waals surface area contributed by atoms with Crippen molar-refractivity contribution in [3.63, 3.8) is 0 Å². The molecule has 1 heterocycles. The molecule has 0 bridgehead atoms. The number of halogens is 1. The highest BCUT2D eigenvalue weighted by Gasteiger charge is 2.32. The predicted octanol–water partition coefficient (Wildman–Crippen LogP) is 5.43. The number of carbonyl (C=O) groups excluding carboxylic acids is 2. The van der Waals surface area contributed by atoms with E-state index in [0.717, 1.165) is 5.56 Å². The molecule has 0 aliphatic carbocycles. The fourth-order valence-corrected chi connectivity index (χ4v) is 4.69. The summed E-state index contributed by atoms with van der Waals surface area (Å²) in [4.78, 5) is 31.5. The van der Waals surface area contributed by atoms with Crippen LogP contribution in [0.3, 0.4) is 0 Å². The van der Waals surface area contributed by atoms with Crippen LogP contribution in [-0.2, 0) is 9.53 Å². The first-order valence-electron chi connectivity index (χ1n) is 10.0. The molecule has 2 aromatic rings. The standard InChI is InChI=1S/C24H23BrN2O5S/c1-5-10-32-21-18(25)11-15(12-19(21)30-3)13-20-22(28)27(6-2)24(33-20)26-17-9-7-8-16(14-17)23(29)31-4/h5,7-9,11-14H,1,6,10H2,2-4H3. The molecular weight excluding hydrogens is 508 g/mol. The lowest BCUT2D eigenvalue weighted by molar-refractivity contribution is -0.122. The summed E-state index contributed by atoms with van der Waals surface area (Å²) < 4.78 is 16.6. The van der Waals surface area contributed by atoms with E-state index in [2.05, 4.69) is 27.5 Å². The van der Waals surface area contributed by atoms with E-state index in [9.17, 15) is 9.59 Å². The summed E-state index contributed by atoms with van der Waals surface area (Å²) in [5, 5.41) is 0.535. The molecule has 1 fully saturated rings. The molecule has 1 aliphatic rings. The van der Waals surface area contributed by atoms with Crippen LogP contribution < -0.4 is 9.47 Å². The van der Waals surface area contributed by atoms with Crippen molar-refractivity contribution < 1.29 is 23.8 Å². The summed E-state index contributed by atoms with van der Waals surface area (Å²) in [5.74, 6) is 0.509. The van der Waals surface area contributed by atoms with Gasteiger partial charge < -0.3 is 14.2 Å². The Morgan fingerprint density at radius 2 is 2.06 bits per heavy atom. The zero-order valence-corrected chi connectivity index (χ0v) is 20.9. The third-order valence-electron chi connectivity index (χ3n) is 4.59. The molecule has 0 N–H and O–H groups in total. The van der Waals surface area contributed by atoms with E-state index in [-0.39, 0.29) is 5.91 Å². The number of esters is 1. The summed E-state index contributed by atoms with van der Waals surface area (Å²) in [7, 11) is 2.88. The molecule has 0 atom stereocenters. The van der Waals surface area contributed by atoms with Gasteiger partial charge in [0.05, 0.1) is 34.8 Å². The van der Waals surface area contributed by atoms with Crippen molar-refractivity contribution in [1.82, 2.24) is 4.90 Å². The molecule has 3 rings (SSSR count). The van der Waals surface area contributed by atoms with Gasteiger partial charge in [-0.25, -0.2) is 9.79 Å². The SMILES string of the molecule is C=CCOc1c(Br)cc(C=C2SC(=Nc3cccc(C(=O)OC)c3)N(CC)C2=O)cc1OC. The van der Waals surface area contributed by atoms with Gasteiger partial charge in [0.1, 0.15) is 6.61 Å². The number of methoxy groups -OCH3 is 2. The Hall–Kier alpha value is -3.04. The zero-order chi connectivity index (χ0) is 24.0. The molecule has 172 valence electrons. The Morgan fingerprint density at radius 3 is 2.73 bits per heavy atom. The summed E-state index contributed by atoms with van der Waals surface area (Å²) >= 11 is 4.78. The highest BCUT2D eigenvalue weighted by molar-refractivity contribution is 9.10. The fraction of sp³-hybridized carbons (Fsp3) is 0.208. The molecule has 2 aromatic carbocycles. The molecule has 0 saturated carbocycles. The zero-order valence-electron chi connectivity index (χ0n) is 18.5. The average Bonchev–Trinajstić information content (AvgIpc) is 3.11. The lowest BCUT2D eigenvalue weighted by atomic mass is 10.2. The van der Waals surface area contributed by atoms with Crippen LogP contribution >= 0.6 is 27.7 Å². The Kier molecular flexibility index (Phi) is 8.35. The normalized spacial score (nSPS) is 15.8. The van der Waals surface area contributed by atoms with E-state index < -0.39 is 5.97 Å². The Bertz CT molecular complexity index is 1150. The summed E-state index contributed by atoms with van der Waals surface area (Å²) in [6.07, 6.45) is 3.43. The second kappa shape index (κ2) is 11.2. The quantitative estimate of drug-likeness (QED) is 0.257. The van der Waals surface area contributed by atoms with E-state index in [1.165, 1.54) is 18.9 Å². The molecule has 33 heavy (non-hydrogen) atoms. The molecule has 7 nitrogen and oxygen atoms in total. The van der Waals surface area contributed by atoms with Crippen molar-refractivity contribution in [3.05, 3.63) is 69.6 Å². The maximum absolute atomic E-state index is 13.0. The van der Waals surface area contributed by atoms with Crippen LogP contribution in [0, 0.1) is 0 Å². The number of aliphatic imine (C=N–C) groups is 1. The summed E-state index contributed by atoms with van der Waals surface area (Å²) in [6, 6.07) is 10.4. The maximum atomic E-state index is 13.0. The van der Waals surface area contributed by atoms with Crippen molar-refractivity contribution in [2.45, 2.75) is 6.92 Å². The van der Waals surface area contributed by atoms with E-state index in [1.807, 2.05) is 13.0 Å². The third kappa shape index (κ3) is 5.66. The fourth-order valence-electron chi connectivity index (χ4n) is 3.06. The van der Waals surface area contributed by atoms with Crippen molar-refractivity contribution in [2.75, 3.05) is 27.4 Å². The summed E-state index contributed by atoms with van der Waals surface area (Å²) in [6.45, 7) is 6.34. The number of amides is 1. The first kappa shape index (κ1) is 24.6. The van der Waals surface area contributed by atoms with Gasteiger partial charge in [-0.1, -0.05) is 18.7 Å². The smallest absolute Gasteiger partial charge is 0.337 e. The van der Waals surface area contributed by atoms with Crippen LogP contribution in [0.4, 0.5) is 5.69 Å². The molecule has 0 spiro atoms. The first-order chi connectivity index (χ1) is 15.9.